The van der Waals surface area contributed by atoms with Crippen LogP contribution in [0.5, 0.6) is 0 Å². The Kier molecular flexibility index (Phi) is 2.08. The predicted molar refractivity (Wildman–Crippen MR) is 57.5 cm³/mol. The van der Waals surface area contributed by atoms with Crippen molar-refractivity contribution in [3.63, 3.8) is 0 Å². The van der Waals surface area contributed by atoms with Gasteiger partial charge in [-0.1, -0.05) is 35.9 Å². The Morgan fingerprint density at radius 3 is 2.79 bits per heavy atom. The van der Waals surface area contributed by atoms with Crippen LogP contribution in [0.1, 0.15) is 24.5 Å². The molecule has 1 atom stereocenters. The van der Waals surface area contributed by atoms with E-state index in [-0.39, 0.29) is 0 Å². The summed E-state index contributed by atoms with van der Waals surface area (Å²) in [7, 11) is 0. The molecule has 0 saturated carbocycles. The highest BCUT2D eigenvalue weighted by atomic mass is 16.5. The van der Waals surface area contributed by atoms with Crippen molar-refractivity contribution >= 4 is 0 Å². The molecule has 0 amide bonds. The molecule has 74 valence electrons. The molecule has 1 aromatic rings. The van der Waals surface area contributed by atoms with Gasteiger partial charge in [0.2, 0.25) is 0 Å². The highest BCUT2D eigenvalue weighted by Crippen LogP contribution is 2.36. The van der Waals surface area contributed by atoms with E-state index in [0.717, 1.165) is 17.0 Å². The molecule has 1 heterocycles. The van der Waals surface area contributed by atoms with Crippen LogP contribution in [0, 0.1) is 12.1 Å². The van der Waals surface area contributed by atoms with E-state index >= 15 is 0 Å². The summed E-state index contributed by atoms with van der Waals surface area (Å²) < 4.78 is 0. The van der Waals surface area contributed by atoms with Gasteiger partial charge in [-0.25, -0.2) is 0 Å². The van der Waals surface area contributed by atoms with Crippen LogP contribution in [0.15, 0.2) is 36.5 Å². The summed E-state index contributed by atoms with van der Waals surface area (Å²) in [6, 6.07) is 8.15. The molecule has 0 radical (unpaired) electrons. The fourth-order valence-corrected chi connectivity index (χ4v) is 1.86. The van der Waals surface area contributed by atoms with Crippen molar-refractivity contribution in [2.24, 2.45) is 0 Å². The second kappa shape index (κ2) is 3.14. The zero-order valence-electron chi connectivity index (χ0n) is 8.53. The van der Waals surface area contributed by atoms with Crippen LogP contribution in [0.3, 0.4) is 0 Å². The lowest BCUT2D eigenvalue weighted by Crippen LogP contribution is -2.32. The maximum Gasteiger partial charge on any atom is 0.0548 e. The molecule has 0 aromatic heterocycles. The lowest BCUT2D eigenvalue weighted by atomic mass is 9.89. The van der Waals surface area contributed by atoms with E-state index in [9.17, 15) is 5.21 Å². The lowest BCUT2D eigenvalue weighted by Gasteiger charge is -2.42. The molecule has 1 unspecified atom stereocenters. The first kappa shape index (κ1) is 9.28. The van der Waals surface area contributed by atoms with Gasteiger partial charge in [-0.05, 0) is 32.0 Å². The minimum Gasteiger partial charge on any atom is -0.758 e. The normalized spacial score (nSPS) is 25.8. The van der Waals surface area contributed by atoms with Gasteiger partial charge in [-0.3, -0.25) is 0 Å². The maximum atomic E-state index is 11.6. The molecule has 0 aliphatic carbocycles. The Morgan fingerprint density at radius 1 is 1.43 bits per heavy atom. The van der Waals surface area contributed by atoms with Crippen LogP contribution in [0.2, 0.25) is 0 Å². The average Bonchev–Trinajstić information content (AvgIpc) is 2.49. The third-order valence-corrected chi connectivity index (χ3v) is 2.88. The summed E-state index contributed by atoms with van der Waals surface area (Å²) in [6.45, 7) is 4.03. The van der Waals surface area contributed by atoms with Crippen LogP contribution in [0.25, 0.3) is 0 Å². The van der Waals surface area contributed by atoms with E-state index in [1.165, 1.54) is 5.56 Å². The van der Waals surface area contributed by atoms with Crippen molar-refractivity contribution in [2.45, 2.75) is 25.8 Å². The minimum absolute atomic E-state index is 0.397. The number of hydroxylamine groups is 2. The SMILES string of the molecule is Cc1cccc(C2(C)CC=CN2[O-])c1. The summed E-state index contributed by atoms with van der Waals surface area (Å²) in [5, 5.41) is 12.7. The van der Waals surface area contributed by atoms with Crippen LogP contribution in [-0.2, 0) is 5.54 Å². The summed E-state index contributed by atoms with van der Waals surface area (Å²) in [5.74, 6) is 0. The maximum absolute atomic E-state index is 11.6. The van der Waals surface area contributed by atoms with Crippen molar-refractivity contribution in [1.82, 2.24) is 5.06 Å². The van der Waals surface area contributed by atoms with Gasteiger partial charge in [-0.2, -0.15) is 0 Å². The van der Waals surface area contributed by atoms with Crippen molar-refractivity contribution in [1.29, 1.82) is 0 Å². The van der Waals surface area contributed by atoms with Crippen LogP contribution in [0.4, 0.5) is 0 Å². The van der Waals surface area contributed by atoms with E-state index in [0.29, 0.717) is 0 Å². The van der Waals surface area contributed by atoms with Gasteiger partial charge in [0, 0.05) is 0 Å². The number of rotatable bonds is 1. The van der Waals surface area contributed by atoms with Gasteiger partial charge in [0.25, 0.3) is 0 Å². The molecule has 0 bridgehead atoms. The molecule has 1 aliphatic rings. The van der Waals surface area contributed by atoms with Gasteiger partial charge in [0.1, 0.15) is 0 Å². The molecule has 14 heavy (non-hydrogen) atoms. The predicted octanol–water partition coefficient (Wildman–Crippen LogP) is 2.93. The van der Waals surface area contributed by atoms with Crippen molar-refractivity contribution in [3.05, 3.63) is 52.9 Å². The van der Waals surface area contributed by atoms with Crippen molar-refractivity contribution in [2.75, 3.05) is 0 Å². The smallest absolute Gasteiger partial charge is 0.0548 e. The van der Waals surface area contributed by atoms with Crippen LogP contribution < -0.4 is 0 Å². The fraction of sp³-hybridized carbons (Fsp3) is 0.333. The van der Waals surface area contributed by atoms with Crippen LogP contribution >= 0.6 is 0 Å². The van der Waals surface area contributed by atoms with Crippen molar-refractivity contribution in [3.8, 4) is 0 Å². The standard InChI is InChI=1S/C12H14NO/c1-10-5-3-6-11(9-10)12(2)7-4-8-13(12)14/h3-6,8-9H,7H2,1-2H3/q-1. The Labute approximate surface area is 84.4 Å². The Hall–Kier alpha value is -1.28. The first-order chi connectivity index (χ1) is 6.63. The highest BCUT2D eigenvalue weighted by Gasteiger charge is 2.28. The molecule has 0 fully saturated rings. The van der Waals surface area contributed by atoms with Gasteiger partial charge < -0.3 is 10.3 Å². The first-order valence-electron chi connectivity index (χ1n) is 4.83. The second-order valence-electron chi connectivity index (χ2n) is 4.06. The molecule has 0 spiro atoms. The summed E-state index contributed by atoms with van der Waals surface area (Å²) in [5.41, 5.74) is 1.90. The zero-order chi connectivity index (χ0) is 10.2. The first-order valence-corrected chi connectivity index (χ1v) is 4.83. The van der Waals surface area contributed by atoms with Gasteiger partial charge >= 0.3 is 0 Å². The molecule has 2 nitrogen and oxygen atoms in total. The van der Waals surface area contributed by atoms with E-state index in [1.807, 2.05) is 38.1 Å². The number of aryl methyl sites for hydroxylation is 1. The molecular formula is C12H14NO-. The third-order valence-electron chi connectivity index (χ3n) is 2.88. The molecule has 0 saturated heterocycles. The van der Waals surface area contributed by atoms with Gasteiger partial charge in [0.05, 0.1) is 5.54 Å². The van der Waals surface area contributed by atoms with Gasteiger partial charge in [0.15, 0.2) is 0 Å². The monoisotopic (exact) mass is 188 g/mol. The zero-order valence-corrected chi connectivity index (χ0v) is 8.53. The van der Waals surface area contributed by atoms with E-state index < -0.39 is 5.54 Å². The Balaban J connectivity index is 2.39. The second-order valence-corrected chi connectivity index (χ2v) is 4.06. The molecule has 2 rings (SSSR count). The molecule has 1 aliphatic heterocycles. The number of nitrogens with zero attached hydrogens (tertiary/aromatic N) is 1. The molecule has 0 N–H and O–H groups in total. The number of hydrogen-bond donors (Lipinski definition) is 0. The van der Waals surface area contributed by atoms with E-state index in [2.05, 4.69) is 6.07 Å². The number of hydrogen-bond acceptors (Lipinski definition) is 2. The van der Waals surface area contributed by atoms with Gasteiger partial charge in [-0.15, -0.1) is 0 Å². The van der Waals surface area contributed by atoms with Crippen molar-refractivity contribution < 1.29 is 0 Å². The highest BCUT2D eigenvalue weighted by molar-refractivity contribution is 5.31. The number of benzene rings is 1. The Morgan fingerprint density at radius 2 is 2.21 bits per heavy atom. The Bertz CT molecular complexity index is 372. The van der Waals surface area contributed by atoms with E-state index in [4.69, 9.17) is 0 Å². The summed E-state index contributed by atoms with van der Waals surface area (Å²) >= 11 is 0. The minimum atomic E-state index is -0.397. The topological polar surface area (TPSA) is 26.3 Å². The third kappa shape index (κ3) is 1.32. The molecule has 1 aromatic carbocycles. The fourth-order valence-electron chi connectivity index (χ4n) is 1.86. The molecular weight excluding hydrogens is 174 g/mol. The lowest BCUT2D eigenvalue weighted by molar-refractivity contribution is 0.259. The summed E-state index contributed by atoms with van der Waals surface area (Å²) in [6.07, 6.45) is 4.33. The summed E-state index contributed by atoms with van der Waals surface area (Å²) in [4.78, 5) is 0. The average molecular weight is 188 g/mol. The van der Waals surface area contributed by atoms with Crippen LogP contribution in [-0.4, -0.2) is 5.06 Å². The quantitative estimate of drug-likeness (QED) is 0.677. The van der Waals surface area contributed by atoms with E-state index in [1.54, 1.807) is 6.20 Å². The molecule has 2 heteroatoms. The largest absolute Gasteiger partial charge is 0.758 e.